The predicted octanol–water partition coefficient (Wildman–Crippen LogP) is 4.47. The third kappa shape index (κ3) is 3.64. The van der Waals surface area contributed by atoms with E-state index < -0.39 is 5.63 Å². The van der Waals surface area contributed by atoms with Crippen LogP contribution in [0.1, 0.15) is 24.8 Å². The molecule has 0 saturated carbocycles. The number of aromatic nitrogens is 2. The van der Waals surface area contributed by atoms with E-state index in [4.69, 9.17) is 9.52 Å². The van der Waals surface area contributed by atoms with Crippen LogP contribution in [0.25, 0.3) is 27.9 Å². The van der Waals surface area contributed by atoms with Gasteiger partial charge in [0.15, 0.2) is 0 Å². The first-order valence-corrected chi connectivity index (χ1v) is 10.3. The number of hydrogen-bond acceptors (Lipinski definition) is 5. The lowest BCUT2D eigenvalue weighted by atomic mass is 10.1. The number of benzene rings is 2. The van der Waals surface area contributed by atoms with E-state index in [1.807, 2.05) is 67.0 Å². The zero-order valence-corrected chi connectivity index (χ0v) is 16.6. The summed E-state index contributed by atoms with van der Waals surface area (Å²) >= 11 is 0. The van der Waals surface area contributed by atoms with Gasteiger partial charge in [0.05, 0.1) is 17.5 Å². The molecular formula is C24H22N4O2. The zero-order valence-electron chi connectivity index (χ0n) is 16.6. The molecule has 150 valence electrons. The van der Waals surface area contributed by atoms with Gasteiger partial charge in [-0.1, -0.05) is 36.4 Å². The van der Waals surface area contributed by atoms with E-state index in [0.29, 0.717) is 16.8 Å². The fourth-order valence-corrected chi connectivity index (χ4v) is 3.77. The average Bonchev–Trinajstić information content (AvgIpc) is 3.22. The minimum atomic E-state index is -0.403. The molecule has 0 unspecified atom stereocenters. The molecular weight excluding hydrogens is 376 g/mol. The van der Waals surface area contributed by atoms with Crippen LogP contribution in [0, 0.1) is 0 Å². The van der Waals surface area contributed by atoms with Gasteiger partial charge in [-0.05, 0) is 43.5 Å². The maximum atomic E-state index is 12.8. The first-order valence-electron chi connectivity index (χ1n) is 10.3. The number of fused-ring (bicyclic) bond motifs is 1. The third-order valence-electron chi connectivity index (χ3n) is 5.35. The quantitative estimate of drug-likeness (QED) is 0.376. The summed E-state index contributed by atoms with van der Waals surface area (Å²) in [7, 11) is 0. The normalized spacial score (nSPS) is 14.6. The molecule has 6 nitrogen and oxygen atoms in total. The topological polar surface area (TPSA) is 63.6 Å². The molecule has 0 aliphatic carbocycles. The summed E-state index contributed by atoms with van der Waals surface area (Å²) in [4.78, 5) is 12.8. The van der Waals surface area contributed by atoms with Crippen LogP contribution in [-0.2, 0) is 0 Å². The van der Waals surface area contributed by atoms with Crippen molar-refractivity contribution < 1.29 is 4.42 Å². The average molecular weight is 398 g/mol. The molecule has 30 heavy (non-hydrogen) atoms. The van der Waals surface area contributed by atoms with Gasteiger partial charge in [0, 0.05) is 30.2 Å². The van der Waals surface area contributed by atoms with Crippen LogP contribution in [0.2, 0.25) is 0 Å². The van der Waals surface area contributed by atoms with Crippen LogP contribution in [0.15, 0.2) is 81.2 Å². The molecule has 4 aromatic rings. The Morgan fingerprint density at radius 3 is 2.57 bits per heavy atom. The van der Waals surface area contributed by atoms with Crippen LogP contribution >= 0.6 is 0 Å². The Hall–Kier alpha value is -3.67. The lowest BCUT2D eigenvalue weighted by Gasteiger charge is -2.23. The standard InChI is InChI=1S/C24H22N4O2/c29-24-21(15-18-9-5-6-12-22(18)30-24)23-19(16-25-27-13-7-2-8-14-27)17-28(26-23)20-10-3-1-4-11-20/h1,3-6,9-12,15-17H,2,7-8,13-14H2/b25-16-. The van der Waals surface area contributed by atoms with E-state index >= 15 is 0 Å². The highest BCUT2D eigenvalue weighted by Gasteiger charge is 2.17. The van der Waals surface area contributed by atoms with Crippen molar-refractivity contribution in [1.82, 2.24) is 14.8 Å². The number of hydrazone groups is 1. The van der Waals surface area contributed by atoms with Gasteiger partial charge in [-0.15, -0.1) is 0 Å². The highest BCUT2D eigenvalue weighted by Crippen LogP contribution is 2.24. The number of rotatable bonds is 4. The van der Waals surface area contributed by atoms with Gasteiger partial charge in [-0.2, -0.15) is 10.2 Å². The van der Waals surface area contributed by atoms with Crippen molar-refractivity contribution in [3.63, 3.8) is 0 Å². The highest BCUT2D eigenvalue weighted by molar-refractivity contribution is 5.90. The monoisotopic (exact) mass is 398 g/mol. The van der Waals surface area contributed by atoms with Crippen molar-refractivity contribution in [2.45, 2.75) is 19.3 Å². The Morgan fingerprint density at radius 2 is 1.73 bits per heavy atom. The van der Waals surface area contributed by atoms with E-state index in [0.717, 1.165) is 42.6 Å². The molecule has 2 aromatic carbocycles. The van der Waals surface area contributed by atoms with Crippen LogP contribution in [-0.4, -0.2) is 34.1 Å². The lowest BCUT2D eigenvalue weighted by Crippen LogP contribution is -2.24. The summed E-state index contributed by atoms with van der Waals surface area (Å²) in [6.45, 7) is 1.91. The molecule has 1 aliphatic rings. The van der Waals surface area contributed by atoms with Crippen molar-refractivity contribution >= 4 is 17.2 Å². The molecule has 0 atom stereocenters. The van der Waals surface area contributed by atoms with Crippen LogP contribution in [0.4, 0.5) is 0 Å². The summed E-state index contributed by atoms with van der Waals surface area (Å²) in [6, 6.07) is 19.2. The first kappa shape index (κ1) is 18.4. The molecule has 5 rings (SSSR count). The number of nitrogens with zero attached hydrogens (tertiary/aromatic N) is 4. The molecule has 0 spiro atoms. The Bertz CT molecular complexity index is 1250. The van der Waals surface area contributed by atoms with E-state index in [2.05, 4.69) is 10.1 Å². The summed E-state index contributed by atoms with van der Waals surface area (Å²) in [5.74, 6) is 0. The van der Waals surface area contributed by atoms with Gasteiger partial charge >= 0.3 is 5.63 Å². The van der Waals surface area contributed by atoms with Gasteiger partial charge in [-0.3, -0.25) is 5.01 Å². The second kappa shape index (κ2) is 7.99. The van der Waals surface area contributed by atoms with Gasteiger partial charge in [0.25, 0.3) is 0 Å². The minimum Gasteiger partial charge on any atom is -0.422 e. The number of para-hydroxylation sites is 2. The summed E-state index contributed by atoms with van der Waals surface area (Å²) in [5, 5.41) is 12.3. The number of hydrogen-bond donors (Lipinski definition) is 0. The maximum Gasteiger partial charge on any atom is 0.345 e. The fraction of sp³-hybridized carbons (Fsp3) is 0.208. The predicted molar refractivity (Wildman–Crippen MR) is 118 cm³/mol. The van der Waals surface area contributed by atoms with Crippen molar-refractivity contribution in [2.24, 2.45) is 5.10 Å². The largest absolute Gasteiger partial charge is 0.422 e. The molecule has 6 heteroatoms. The molecule has 3 heterocycles. The third-order valence-corrected chi connectivity index (χ3v) is 5.35. The second-order valence-corrected chi connectivity index (χ2v) is 7.46. The van der Waals surface area contributed by atoms with E-state index in [1.165, 1.54) is 6.42 Å². The molecule has 1 fully saturated rings. The molecule has 0 amide bonds. The van der Waals surface area contributed by atoms with Crippen molar-refractivity contribution in [1.29, 1.82) is 0 Å². The van der Waals surface area contributed by atoms with Crippen LogP contribution < -0.4 is 5.63 Å². The molecule has 1 saturated heterocycles. The highest BCUT2D eigenvalue weighted by atomic mass is 16.4. The Kier molecular flexibility index (Phi) is 4.89. The Balaban J connectivity index is 1.62. The van der Waals surface area contributed by atoms with Crippen molar-refractivity contribution in [3.8, 4) is 16.9 Å². The molecule has 0 N–H and O–H groups in total. The van der Waals surface area contributed by atoms with E-state index in [-0.39, 0.29) is 0 Å². The van der Waals surface area contributed by atoms with Crippen LogP contribution in [0.5, 0.6) is 0 Å². The summed E-state index contributed by atoms with van der Waals surface area (Å²) < 4.78 is 7.33. The smallest absolute Gasteiger partial charge is 0.345 e. The maximum absolute atomic E-state index is 12.8. The molecule has 1 aliphatic heterocycles. The van der Waals surface area contributed by atoms with Gasteiger partial charge in [0.2, 0.25) is 0 Å². The van der Waals surface area contributed by atoms with Gasteiger partial charge in [0.1, 0.15) is 11.3 Å². The van der Waals surface area contributed by atoms with Crippen molar-refractivity contribution in [2.75, 3.05) is 13.1 Å². The van der Waals surface area contributed by atoms with E-state index in [1.54, 1.807) is 10.7 Å². The Labute approximate surface area is 174 Å². The number of piperidine rings is 1. The summed E-state index contributed by atoms with van der Waals surface area (Å²) in [6.07, 6.45) is 7.28. The molecule has 0 bridgehead atoms. The summed E-state index contributed by atoms with van der Waals surface area (Å²) in [5.41, 5.74) is 2.87. The fourth-order valence-electron chi connectivity index (χ4n) is 3.77. The molecule has 2 aromatic heterocycles. The van der Waals surface area contributed by atoms with Crippen LogP contribution in [0.3, 0.4) is 0 Å². The van der Waals surface area contributed by atoms with Gasteiger partial charge < -0.3 is 4.42 Å². The molecule has 0 radical (unpaired) electrons. The van der Waals surface area contributed by atoms with E-state index in [9.17, 15) is 4.79 Å². The van der Waals surface area contributed by atoms with Gasteiger partial charge in [-0.25, -0.2) is 9.48 Å². The SMILES string of the molecule is O=c1oc2ccccc2cc1-c1nn(-c2ccccc2)cc1/C=N\N1CCCCC1. The van der Waals surface area contributed by atoms with Crippen molar-refractivity contribution in [3.05, 3.63) is 82.8 Å². The minimum absolute atomic E-state index is 0.403. The zero-order chi connectivity index (χ0) is 20.3. The Morgan fingerprint density at radius 1 is 0.967 bits per heavy atom. The first-order chi connectivity index (χ1) is 14.8. The second-order valence-electron chi connectivity index (χ2n) is 7.46. The lowest BCUT2D eigenvalue weighted by molar-refractivity contribution is 0.240.